The molecule has 0 aromatic rings. The van der Waals surface area contributed by atoms with Crippen LogP contribution >= 0.6 is 47.5 Å². The molecule has 0 aromatic carbocycles. The van der Waals surface area contributed by atoms with E-state index >= 15 is 0 Å². The predicted octanol–water partition coefficient (Wildman–Crippen LogP) is 1.88. The van der Waals surface area contributed by atoms with E-state index in [1.165, 1.54) is 18.6 Å². The van der Waals surface area contributed by atoms with Crippen molar-refractivity contribution in [2.24, 2.45) is 4.99 Å². The number of likely N-dealkylation sites (N-methyl/N-ethyl adjacent to an activating group) is 1. The molecule has 0 aliphatic carbocycles. The van der Waals surface area contributed by atoms with Gasteiger partial charge in [0.05, 0.1) is 0 Å². The van der Waals surface area contributed by atoms with Crippen LogP contribution in [0.1, 0.15) is 19.8 Å². The molecule has 1 atom stereocenters. The smallest absolute Gasteiger partial charge is 0.243 e. The first-order valence-electron chi connectivity index (χ1n) is 7.32. The Morgan fingerprint density at radius 1 is 1.41 bits per heavy atom. The van der Waals surface area contributed by atoms with Gasteiger partial charge in [-0.25, -0.2) is 4.99 Å². The standard InChI is InChI=1S/C14H28N4OS2.HI/c1-14(6-5-8-21-14)11-17-13(15-7-9-20-4)16-10-12(19)18(2)3;/h5-11H2,1-4H3,(H2,15,16,17);1H. The first-order chi connectivity index (χ1) is 9.97. The largest absolute Gasteiger partial charge is 0.356 e. The molecule has 22 heavy (non-hydrogen) atoms. The van der Waals surface area contributed by atoms with Gasteiger partial charge in [0.15, 0.2) is 5.96 Å². The highest BCUT2D eigenvalue weighted by atomic mass is 127. The molecule has 0 aromatic heterocycles. The van der Waals surface area contributed by atoms with Crippen LogP contribution in [0.5, 0.6) is 0 Å². The molecule has 1 aliphatic heterocycles. The van der Waals surface area contributed by atoms with E-state index in [0.29, 0.717) is 0 Å². The van der Waals surface area contributed by atoms with Crippen molar-refractivity contribution in [2.45, 2.75) is 24.5 Å². The van der Waals surface area contributed by atoms with Gasteiger partial charge in [-0.2, -0.15) is 23.5 Å². The van der Waals surface area contributed by atoms with Crippen molar-refractivity contribution in [3.05, 3.63) is 0 Å². The molecule has 5 nitrogen and oxygen atoms in total. The van der Waals surface area contributed by atoms with Gasteiger partial charge in [-0.05, 0) is 31.8 Å². The van der Waals surface area contributed by atoms with E-state index in [4.69, 9.17) is 0 Å². The lowest BCUT2D eigenvalue weighted by molar-refractivity contribution is -0.127. The van der Waals surface area contributed by atoms with Crippen LogP contribution in [0, 0.1) is 0 Å². The maximum Gasteiger partial charge on any atom is 0.243 e. The van der Waals surface area contributed by atoms with Crippen molar-refractivity contribution in [1.29, 1.82) is 0 Å². The summed E-state index contributed by atoms with van der Waals surface area (Å²) in [6, 6.07) is 0. The number of nitrogens with zero attached hydrogens (tertiary/aromatic N) is 2. The third-order valence-corrected chi connectivity index (χ3v) is 5.55. The fourth-order valence-corrected chi connectivity index (χ4v) is 3.53. The maximum absolute atomic E-state index is 11.7. The van der Waals surface area contributed by atoms with E-state index in [1.54, 1.807) is 30.8 Å². The summed E-state index contributed by atoms with van der Waals surface area (Å²) in [7, 11) is 3.50. The number of halogens is 1. The van der Waals surface area contributed by atoms with Crippen molar-refractivity contribution < 1.29 is 4.79 Å². The van der Waals surface area contributed by atoms with E-state index < -0.39 is 0 Å². The molecule has 1 amide bonds. The lowest BCUT2D eigenvalue weighted by Gasteiger charge is -2.24. The van der Waals surface area contributed by atoms with Crippen LogP contribution in [0.4, 0.5) is 0 Å². The Balaban J connectivity index is 0.00000441. The number of rotatable bonds is 7. The average molecular weight is 460 g/mol. The molecule has 8 heteroatoms. The highest BCUT2D eigenvalue weighted by Crippen LogP contribution is 2.36. The van der Waals surface area contributed by atoms with Gasteiger partial charge in [0.2, 0.25) is 5.91 Å². The predicted molar refractivity (Wildman–Crippen MR) is 111 cm³/mol. The van der Waals surface area contributed by atoms with E-state index in [-0.39, 0.29) is 41.2 Å². The van der Waals surface area contributed by atoms with Crippen molar-refractivity contribution in [2.75, 3.05) is 51.5 Å². The van der Waals surface area contributed by atoms with E-state index in [9.17, 15) is 4.79 Å². The number of hydrogen-bond acceptors (Lipinski definition) is 4. The molecule has 0 bridgehead atoms. The lowest BCUT2D eigenvalue weighted by atomic mass is 10.1. The summed E-state index contributed by atoms with van der Waals surface area (Å²) < 4.78 is 0.285. The third kappa shape index (κ3) is 8.71. The monoisotopic (exact) mass is 460 g/mol. The first-order valence-corrected chi connectivity index (χ1v) is 9.70. The van der Waals surface area contributed by atoms with E-state index in [2.05, 4.69) is 28.8 Å². The van der Waals surface area contributed by atoms with Gasteiger partial charge in [0.25, 0.3) is 0 Å². The minimum atomic E-state index is 0. The SMILES string of the molecule is CSCCNC(=NCC(=O)N(C)C)NCC1(C)CCCS1.I. The number of guanidine groups is 1. The van der Waals surface area contributed by atoms with Gasteiger partial charge >= 0.3 is 0 Å². The Kier molecular flexibility index (Phi) is 11.8. The van der Waals surface area contributed by atoms with Crippen LogP contribution < -0.4 is 10.6 Å². The second-order valence-corrected chi connectivity index (χ2v) is 8.30. The number of thioether (sulfide) groups is 2. The second-order valence-electron chi connectivity index (χ2n) is 5.63. The minimum absolute atomic E-state index is 0. The number of nitrogens with one attached hydrogen (secondary N) is 2. The molecule has 1 heterocycles. The quantitative estimate of drug-likeness (QED) is 0.263. The fourth-order valence-electron chi connectivity index (χ4n) is 1.98. The summed E-state index contributed by atoms with van der Waals surface area (Å²) in [5.74, 6) is 3.02. The highest BCUT2D eigenvalue weighted by Gasteiger charge is 2.29. The zero-order valence-corrected chi connectivity index (χ0v) is 17.9. The van der Waals surface area contributed by atoms with Crippen LogP contribution in [-0.2, 0) is 4.79 Å². The topological polar surface area (TPSA) is 56.7 Å². The second kappa shape index (κ2) is 11.7. The maximum atomic E-state index is 11.7. The Labute approximate surface area is 160 Å². The first kappa shape index (κ1) is 22.2. The van der Waals surface area contributed by atoms with E-state index in [1.807, 2.05) is 11.8 Å². The van der Waals surface area contributed by atoms with Crippen LogP contribution in [-0.4, -0.2) is 73.0 Å². The molecule has 1 rings (SSSR count). The molecule has 0 saturated carbocycles. The van der Waals surface area contributed by atoms with Gasteiger partial charge in [0.1, 0.15) is 6.54 Å². The summed E-state index contributed by atoms with van der Waals surface area (Å²) >= 11 is 3.81. The molecule has 1 fully saturated rings. The molecule has 2 N–H and O–H groups in total. The summed E-state index contributed by atoms with van der Waals surface area (Å²) in [6.45, 7) is 4.22. The zero-order chi connectivity index (χ0) is 15.7. The van der Waals surface area contributed by atoms with Gasteiger partial charge in [-0.1, -0.05) is 0 Å². The lowest BCUT2D eigenvalue weighted by Crippen LogP contribution is -2.44. The van der Waals surface area contributed by atoms with Crippen LogP contribution in [0.3, 0.4) is 0 Å². The van der Waals surface area contributed by atoms with Crippen molar-refractivity contribution in [3.63, 3.8) is 0 Å². The molecule has 130 valence electrons. The van der Waals surface area contributed by atoms with Crippen LogP contribution in [0.15, 0.2) is 4.99 Å². The molecule has 1 unspecified atom stereocenters. The molecular weight excluding hydrogens is 431 g/mol. The number of amides is 1. The number of hydrogen-bond donors (Lipinski definition) is 2. The minimum Gasteiger partial charge on any atom is -0.356 e. The van der Waals surface area contributed by atoms with Crippen LogP contribution in [0.25, 0.3) is 0 Å². The zero-order valence-electron chi connectivity index (χ0n) is 14.0. The van der Waals surface area contributed by atoms with Gasteiger partial charge in [0, 0.05) is 37.7 Å². The van der Waals surface area contributed by atoms with Gasteiger partial charge < -0.3 is 15.5 Å². The molecule has 1 saturated heterocycles. The summed E-state index contributed by atoms with van der Waals surface area (Å²) in [6.07, 6.45) is 4.60. The normalized spacial score (nSPS) is 21.2. The molecule has 1 aliphatic rings. The van der Waals surface area contributed by atoms with Gasteiger partial charge in [-0.3, -0.25) is 4.79 Å². The Morgan fingerprint density at radius 3 is 2.68 bits per heavy atom. The number of carbonyl (C=O) groups excluding carboxylic acids is 1. The number of aliphatic imine (C=N–C) groups is 1. The molecule has 0 spiro atoms. The third-order valence-electron chi connectivity index (χ3n) is 3.40. The summed E-state index contributed by atoms with van der Waals surface area (Å²) in [5, 5.41) is 6.69. The Hall–Kier alpha value is 0.170. The Bertz CT molecular complexity index is 361. The fraction of sp³-hybridized carbons (Fsp3) is 0.857. The summed E-state index contributed by atoms with van der Waals surface area (Å²) in [4.78, 5) is 17.6. The van der Waals surface area contributed by atoms with Crippen molar-refractivity contribution >= 4 is 59.4 Å². The van der Waals surface area contributed by atoms with E-state index in [0.717, 1.165) is 24.8 Å². The average Bonchev–Trinajstić information content (AvgIpc) is 2.88. The number of carbonyl (C=O) groups is 1. The molecular formula is C14H29IN4OS2. The highest BCUT2D eigenvalue weighted by molar-refractivity contribution is 14.0. The Morgan fingerprint density at radius 2 is 2.14 bits per heavy atom. The van der Waals surface area contributed by atoms with Gasteiger partial charge in [-0.15, -0.1) is 24.0 Å². The summed E-state index contributed by atoms with van der Waals surface area (Å²) in [5.41, 5.74) is 0. The van der Waals surface area contributed by atoms with Crippen molar-refractivity contribution in [3.8, 4) is 0 Å². The van der Waals surface area contributed by atoms with Crippen molar-refractivity contribution in [1.82, 2.24) is 15.5 Å². The van der Waals surface area contributed by atoms with Crippen LogP contribution in [0.2, 0.25) is 0 Å². The molecule has 0 radical (unpaired) electrons.